The van der Waals surface area contributed by atoms with Crippen molar-refractivity contribution in [3.05, 3.63) is 11.6 Å². The zero-order valence-corrected chi connectivity index (χ0v) is 15.8. The third kappa shape index (κ3) is 2.35. The molecule has 2 nitrogen and oxygen atoms in total. The fourth-order valence-corrected chi connectivity index (χ4v) is 7.40. The molecule has 0 saturated heterocycles. The van der Waals surface area contributed by atoms with Gasteiger partial charge in [-0.2, -0.15) is 0 Å². The number of carbonyl (C=O) groups excluding carboxylic acids is 1. The molecule has 0 amide bonds. The Bertz CT molecular complexity index is 550. The Kier molecular flexibility index (Phi) is 4.18. The highest BCUT2D eigenvalue weighted by Gasteiger charge is 2.58. The van der Waals surface area contributed by atoms with Crippen molar-refractivity contribution in [2.75, 3.05) is 13.7 Å². The van der Waals surface area contributed by atoms with Gasteiger partial charge >= 0.3 is 0 Å². The van der Waals surface area contributed by atoms with E-state index in [4.69, 9.17) is 4.74 Å². The molecule has 0 radical (unpaired) electrons. The van der Waals surface area contributed by atoms with Gasteiger partial charge in [0.15, 0.2) is 5.78 Å². The maximum Gasteiger partial charge on any atom is 0.155 e. The SMILES string of the molecule is COCCC1CCC2C3CCC4=CC(=O)CCC4(C)C3CCC12C. The van der Waals surface area contributed by atoms with Crippen molar-refractivity contribution in [3.63, 3.8) is 0 Å². The number of ether oxygens (including phenoxy) is 1. The molecule has 0 aliphatic heterocycles. The summed E-state index contributed by atoms with van der Waals surface area (Å²) in [6, 6.07) is 0. The molecule has 0 aromatic rings. The normalized spacial score (nSPS) is 47.6. The van der Waals surface area contributed by atoms with Gasteiger partial charge in [0.05, 0.1) is 0 Å². The Labute approximate surface area is 147 Å². The molecule has 24 heavy (non-hydrogen) atoms. The van der Waals surface area contributed by atoms with Crippen LogP contribution in [0.1, 0.15) is 71.6 Å². The van der Waals surface area contributed by atoms with E-state index in [2.05, 4.69) is 13.8 Å². The van der Waals surface area contributed by atoms with Crippen molar-refractivity contribution < 1.29 is 9.53 Å². The predicted molar refractivity (Wildman–Crippen MR) is 96.7 cm³/mol. The molecular weight excluding hydrogens is 296 g/mol. The van der Waals surface area contributed by atoms with Gasteiger partial charge in [-0.1, -0.05) is 19.4 Å². The van der Waals surface area contributed by atoms with Crippen LogP contribution in [-0.4, -0.2) is 19.5 Å². The fraction of sp³-hybridized carbons (Fsp3) is 0.864. The average Bonchev–Trinajstić information content (AvgIpc) is 2.90. The average molecular weight is 331 g/mol. The summed E-state index contributed by atoms with van der Waals surface area (Å²) in [6.07, 6.45) is 13.3. The lowest BCUT2D eigenvalue weighted by Crippen LogP contribution is -2.50. The highest BCUT2D eigenvalue weighted by Crippen LogP contribution is 2.66. The van der Waals surface area contributed by atoms with Gasteiger partial charge < -0.3 is 4.74 Å². The molecule has 0 spiro atoms. The standard InChI is InChI=1S/C22H34O2/c1-21-12-9-20-18(19(21)7-5-15(21)10-13-24-3)6-4-16-14-17(23)8-11-22(16,20)2/h14-15,18-20H,4-13H2,1-3H3. The number of allylic oxidation sites excluding steroid dienone is 1. The Morgan fingerprint density at radius 1 is 1.08 bits per heavy atom. The first kappa shape index (κ1) is 16.8. The van der Waals surface area contributed by atoms with E-state index in [1.54, 1.807) is 0 Å². The first-order chi connectivity index (χ1) is 11.5. The van der Waals surface area contributed by atoms with E-state index in [1.165, 1.54) is 50.5 Å². The molecule has 0 aromatic heterocycles. The van der Waals surface area contributed by atoms with Crippen LogP contribution in [0.2, 0.25) is 0 Å². The van der Waals surface area contributed by atoms with E-state index < -0.39 is 0 Å². The molecule has 4 aliphatic carbocycles. The van der Waals surface area contributed by atoms with Gasteiger partial charge in [-0.05, 0) is 91.9 Å². The quantitative estimate of drug-likeness (QED) is 0.713. The summed E-state index contributed by atoms with van der Waals surface area (Å²) < 4.78 is 5.39. The minimum Gasteiger partial charge on any atom is -0.385 e. The van der Waals surface area contributed by atoms with Crippen LogP contribution in [0.15, 0.2) is 11.6 Å². The smallest absolute Gasteiger partial charge is 0.155 e. The van der Waals surface area contributed by atoms with Crippen LogP contribution in [0.5, 0.6) is 0 Å². The van der Waals surface area contributed by atoms with Gasteiger partial charge in [-0.3, -0.25) is 4.79 Å². The van der Waals surface area contributed by atoms with Gasteiger partial charge in [0.2, 0.25) is 0 Å². The zero-order valence-electron chi connectivity index (χ0n) is 15.8. The van der Waals surface area contributed by atoms with Crippen molar-refractivity contribution >= 4 is 5.78 Å². The Morgan fingerprint density at radius 2 is 1.92 bits per heavy atom. The number of rotatable bonds is 3. The van der Waals surface area contributed by atoms with Crippen molar-refractivity contribution in [3.8, 4) is 0 Å². The van der Waals surface area contributed by atoms with Crippen LogP contribution >= 0.6 is 0 Å². The predicted octanol–water partition coefficient (Wildman–Crippen LogP) is 5.17. The summed E-state index contributed by atoms with van der Waals surface area (Å²) >= 11 is 0. The van der Waals surface area contributed by atoms with E-state index in [0.29, 0.717) is 16.6 Å². The van der Waals surface area contributed by atoms with Crippen molar-refractivity contribution in [2.24, 2.45) is 34.5 Å². The van der Waals surface area contributed by atoms with Crippen LogP contribution < -0.4 is 0 Å². The van der Waals surface area contributed by atoms with E-state index in [-0.39, 0.29) is 0 Å². The van der Waals surface area contributed by atoms with Gasteiger partial charge in [-0.25, -0.2) is 0 Å². The second-order valence-electron chi connectivity index (χ2n) is 9.57. The minimum absolute atomic E-state index is 0.322. The van der Waals surface area contributed by atoms with Gasteiger partial charge in [0.1, 0.15) is 0 Å². The molecule has 0 bridgehead atoms. The third-order valence-corrected chi connectivity index (χ3v) is 8.83. The monoisotopic (exact) mass is 330 g/mol. The number of carbonyl (C=O) groups is 1. The first-order valence-corrected chi connectivity index (χ1v) is 10.2. The maximum absolute atomic E-state index is 11.9. The topological polar surface area (TPSA) is 26.3 Å². The lowest BCUT2D eigenvalue weighted by molar-refractivity contribution is -0.117. The van der Waals surface area contributed by atoms with Crippen LogP contribution in [0.3, 0.4) is 0 Å². The molecule has 0 heterocycles. The molecule has 3 saturated carbocycles. The minimum atomic E-state index is 0.322. The van der Waals surface area contributed by atoms with E-state index >= 15 is 0 Å². The second kappa shape index (κ2) is 5.97. The van der Waals surface area contributed by atoms with Crippen molar-refractivity contribution in [1.29, 1.82) is 0 Å². The molecule has 0 N–H and O–H groups in total. The van der Waals surface area contributed by atoms with Gasteiger partial charge in [0, 0.05) is 20.1 Å². The highest BCUT2D eigenvalue weighted by molar-refractivity contribution is 5.91. The van der Waals surface area contributed by atoms with Crippen LogP contribution in [0.4, 0.5) is 0 Å². The highest BCUT2D eigenvalue weighted by atomic mass is 16.5. The van der Waals surface area contributed by atoms with Crippen molar-refractivity contribution in [2.45, 2.75) is 71.6 Å². The molecule has 134 valence electrons. The van der Waals surface area contributed by atoms with Crippen molar-refractivity contribution in [1.82, 2.24) is 0 Å². The molecule has 6 unspecified atom stereocenters. The lowest BCUT2D eigenvalue weighted by Gasteiger charge is -2.58. The number of methoxy groups -OCH3 is 1. The summed E-state index contributed by atoms with van der Waals surface area (Å²) in [5.41, 5.74) is 2.36. The summed E-state index contributed by atoms with van der Waals surface area (Å²) in [4.78, 5) is 11.9. The van der Waals surface area contributed by atoms with E-state index in [0.717, 1.165) is 43.1 Å². The van der Waals surface area contributed by atoms with E-state index in [9.17, 15) is 4.79 Å². The Morgan fingerprint density at radius 3 is 2.71 bits per heavy atom. The molecular formula is C22H34O2. The molecule has 4 aliphatic rings. The maximum atomic E-state index is 11.9. The molecule has 3 fully saturated rings. The van der Waals surface area contributed by atoms with Crippen LogP contribution in [0, 0.1) is 34.5 Å². The Balaban J connectivity index is 1.59. The summed E-state index contributed by atoms with van der Waals surface area (Å²) in [6.45, 7) is 6.01. The summed E-state index contributed by atoms with van der Waals surface area (Å²) in [5, 5.41) is 0. The fourth-order valence-electron chi connectivity index (χ4n) is 7.40. The van der Waals surface area contributed by atoms with Crippen LogP contribution in [-0.2, 0) is 9.53 Å². The summed E-state index contributed by atoms with van der Waals surface area (Å²) in [7, 11) is 1.84. The zero-order chi connectivity index (χ0) is 16.9. The number of hydrogen-bond donors (Lipinski definition) is 0. The third-order valence-electron chi connectivity index (χ3n) is 8.83. The van der Waals surface area contributed by atoms with Gasteiger partial charge in [0.25, 0.3) is 0 Å². The first-order valence-electron chi connectivity index (χ1n) is 10.2. The Hall–Kier alpha value is -0.630. The number of hydrogen-bond acceptors (Lipinski definition) is 2. The van der Waals surface area contributed by atoms with Gasteiger partial charge in [-0.15, -0.1) is 0 Å². The second-order valence-corrected chi connectivity index (χ2v) is 9.57. The summed E-state index contributed by atoms with van der Waals surface area (Å²) in [5.74, 6) is 3.87. The molecule has 6 atom stereocenters. The molecule has 4 rings (SSSR count). The van der Waals surface area contributed by atoms with E-state index in [1.807, 2.05) is 13.2 Å². The molecule has 0 aromatic carbocycles. The number of ketones is 1. The largest absolute Gasteiger partial charge is 0.385 e. The molecule has 2 heteroatoms. The number of fused-ring (bicyclic) bond motifs is 5. The lowest BCUT2D eigenvalue weighted by atomic mass is 9.47. The van der Waals surface area contributed by atoms with Crippen LogP contribution in [0.25, 0.3) is 0 Å².